The highest BCUT2D eigenvalue weighted by molar-refractivity contribution is 5.96. The molecular formula is C11H13N3. The van der Waals surface area contributed by atoms with Gasteiger partial charge in [-0.15, -0.1) is 0 Å². The SMILES string of the molecule is C=CN=C(N)N(C=C)c1ccccc1. The molecule has 0 unspecified atom stereocenters. The van der Waals surface area contributed by atoms with Crippen LogP contribution >= 0.6 is 0 Å². The number of rotatable bonds is 3. The molecule has 3 heteroatoms. The zero-order chi connectivity index (χ0) is 10.4. The molecule has 0 saturated heterocycles. The van der Waals surface area contributed by atoms with Crippen LogP contribution in [-0.2, 0) is 0 Å². The Balaban J connectivity index is 2.99. The topological polar surface area (TPSA) is 41.6 Å². The third-order valence-electron chi connectivity index (χ3n) is 1.69. The molecule has 0 heterocycles. The summed E-state index contributed by atoms with van der Waals surface area (Å²) in [6, 6.07) is 9.63. The second-order valence-electron chi connectivity index (χ2n) is 2.56. The molecule has 0 aliphatic heterocycles. The van der Waals surface area contributed by atoms with Crippen LogP contribution < -0.4 is 10.6 Å². The Morgan fingerprint density at radius 2 is 1.93 bits per heavy atom. The largest absolute Gasteiger partial charge is 0.369 e. The fourth-order valence-corrected chi connectivity index (χ4v) is 1.08. The number of para-hydroxylation sites is 1. The van der Waals surface area contributed by atoms with Gasteiger partial charge in [0, 0.05) is 18.1 Å². The second-order valence-corrected chi connectivity index (χ2v) is 2.56. The summed E-state index contributed by atoms with van der Waals surface area (Å²) in [4.78, 5) is 5.57. The van der Waals surface area contributed by atoms with E-state index in [0.717, 1.165) is 5.69 Å². The van der Waals surface area contributed by atoms with E-state index in [1.54, 1.807) is 11.1 Å². The van der Waals surface area contributed by atoms with Crippen LogP contribution in [0.4, 0.5) is 5.69 Å². The van der Waals surface area contributed by atoms with Crippen LogP contribution in [0.2, 0.25) is 0 Å². The van der Waals surface area contributed by atoms with Gasteiger partial charge in [-0.05, 0) is 12.1 Å². The van der Waals surface area contributed by atoms with E-state index < -0.39 is 0 Å². The van der Waals surface area contributed by atoms with Crippen molar-refractivity contribution in [1.29, 1.82) is 0 Å². The van der Waals surface area contributed by atoms with Gasteiger partial charge in [-0.25, -0.2) is 4.99 Å². The van der Waals surface area contributed by atoms with E-state index in [2.05, 4.69) is 18.2 Å². The van der Waals surface area contributed by atoms with Gasteiger partial charge in [-0.1, -0.05) is 31.4 Å². The molecule has 0 fully saturated rings. The molecule has 72 valence electrons. The van der Waals surface area contributed by atoms with Crippen molar-refractivity contribution in [3.63, 3.8) is 0 Å². The van der Waals surface area contributed by atoms with E-state index in [0.29, 0.717) is 5.96 Å². The van der Waals surface area contributed by atoms with Crippen molar-refractivity contribution >= 4 is 11.6 Å². The Labute approximate surface area is 83.9 Å². The highest BCUT2D eigenvalue weighted by Gasteiger charge is 2.04. The molecule has 0 bridgehead atoms. The van der Waals surface area contributed by atoms with Crippen molar-refractivity contribution in [3.8, 4) is 0 Å². The van der Waals surface area contributed by atoms with E-state index in [4.69, 9.17) is 5.73 Å². The smallest absolute Gasteiger partial charge is 0.204 e. The van der Waals surface area contributed by atoms with Crippen LogP contribution in [0.25, 0.3) is 0 Å². The highest BCUT2D eigenvalue weighted by atomic mass is 15.2. The fourth-order valence-electron chi connectivity index (χ4n) is 1.08. The molecule has 0 amide bonds. The first-order valence-corrected chi connectivity index (χ1v) is 4.20. The van der Waals surface area contributed by atoms with Crippen LogP contribution in [0.15, 0.2) is 60.9 Å². The van der Waals surface area contributed by atoms with Crippen LogP contribution in [0, 0.1) is 0 Å². The predicted molar refractivity (Wildman–Crippen MR) is 60.9 cm³/mol. The van der Waals surface area contributed by atoms with E-state index in [-0.39, 0.29) is 0 Å². The minimum absolute atomic E-state index is 0.348. The molecule has 1 rings (SSSR count). The van der Waals surface area contributed by atoms with E-state index in [1.165, 1.54) is 6.20 Å². The van der Waals surface area contributed by atoms with Crippen LogP contribution in [0.5, 0.6) is 0 Å². The Hall–Kier alpha value is -2.03. The Bertz CT molecular complexity index is 341. The first kappa shape index (κ1) is 10.1. The normalized spacial score (nSPS) is 10.7. The lowest BCUT2D eigenvalue weighted by molar-refractivity contribution is 1.29. The number of guanidine groups is 1. The standard InChI is InChI=1S/C11H13N3/c1-3-13-11(12)14(4-2)10-8-6-5-7-9-10/h3-9H,1-2H2,(H2,12,13). The Morgan fingerprint density at radius 1 is 1.29 bits per heavy atom. The van der Waals surface area contributed by atoms with Crippen molar-refractivity contribution in [1.82, 2.24) is 0 Å². The average molecular weight is 187 g/mol. The summed E-state index contributed by atoms with van der Waals surface area (Å²) in [6.07, 6.45) is 3.01. The third kappa shape index (κ3) is 2.23. The zero-order valence-corrected chi connectivity index (χ0v) is 7.93. The van der Waals surface area contributed by atoms with Crippen molar-refractivity contribution in [3.05, 3.63) is 55.9 Å². The summed E-state index contributed by atoms with van der Waals surface area (Å²) >= 11 is 0. The predicted octanol–water partition coefficient (Wildman–Crippen LogP) is 2.09. The summed E-state index contributed by atoms with van der Waals surface area (Å²) in [5, 5.41) is 0. The molecule has 1 aromatic carbocycles. The molecule has 0 atom stereocenters. The molecule has 0 aliphatic rings. The number of aliphatic imine (C=N–C) groups is 1. The number of nitrogens with zero attached hydrogens (tertiary/aromatic N) is 2. The lowest BCUT2D eigenvalue weighted by atomic mass is 10.3. The van der Waals surface area contributed by atoms with Crippen molar-refractivity contribution in [2.75, 3.05) is 4.90 Å². The highest BCUT2D eigenvalue weighted by Crippen LogP contribution is 2.12. The van der Waals surface area contributed by atoms with Crippen LogP contribution in [0.3, 0.4) is 0 Å². The lowest BCUT2D eigenvalue weighted by Crippen LogP contribution is -2.32. The van der Waals surface area contributed by atoms with Gasteiger partial charge in [0.2, 0.25) is 5.96 Å². The molecule has 0 radical (unpaired) electrons. The zero-order valence-electron chi connectivity index (χ0n) is 7.93. The third-order valence-corrected chi connectivity index (χ3v) is 1.69. The Kier molecular flexibility index (Phi) is 3.49. The van der Waals surface area contributed by atoms with Gasteiger partial charge in [-0.2, -0.15) is 0 Å². The molecule has 2 N–H and O–H groups in total. The van der Waals surface area contributed by atoms with Gasteiger partial charge < -0.3 is 5.73 Å². The minimum Gasteiger partial charge on any atom is -0.369 e. The van der Waals surface area contributed by atoms with Crippen LogP contribution in [0.1, 0.15) is 0 Å². The van der Waals surface area contributed by atoms with E-state index >= 15 is 0 Å². The minimum atomic E-state index is 0.348. The van der Waals surface area contributed by atoms with Gasteiger partial charge >= 0.3 is 0 Å². The van der Waals surface area contributed by atoms with Gasteiger partial charge in [0.1, 0.15) is 0 Å². The molecule has 0 spiro atoms. The Morgan fingerprint density at radius 3 is 2.43 bits per heavy atom. The quantitative estimate of drug-likeness (QED) is 0.581. The number of hydrogen-bond acceptors (Lipinski definition) is 1. The van der Waals surface area contributed by atoms with Gasteiger partial charge in [0.05, 0.1) is 0 Å². The maximum atomic E-state index is 5.70. The first-order valence-electron chi connectivity index (χ1n) is 4.20. The van der Waals surface area contributed by atoms with E-state index in [9.17, 15) is 0 Å². The molecular weight excluding hydrogens is 174 g/mol. The maximum Gasteiger partial charge on any atom is 0.204 e. The first-order chi connectivity index (χ1) is 6.79. The lowest BCUT2D eigenvalue weighted by Gasteiger charge is -2.17. The van der Waals surface area contributed by atoms with Crippen molar-refractivity contribution < 1.29 is 0 Å². The fraction of sp³-hybridized carbons (Fsp3) is 0. The molecule has 14 heavy (non-hydrogen) atoms. The van der Waals surface area contributed by atoms with E-state index in [1.807, 2.05) is 30.3 Å². The second kappa shape index (κ2) is 4.87. The van der Waals surface area contributed by atoms with Gasteiger partial charge in [-0.3, -0.25) is 4.90 Å². The number of benzene rings is 1. The van der Waals surface area contributed by atoms with Crippen molar-refractivity contribution in [2.45, 2.75) is 0 Å². The molecule has 0 aliphatic carbocycles. The molecule has 1 aromatic rings. The van der Waals surface area contributed by atoms with Crippen LogP contribution in [-0.4, -0.2) is 5.96 Å². The maximum absolute atomic E-state index is 5.70. The van der Waals surface area contributed by atoms with Crippen molar-refractivity contribution in [2.24, 2.45) is 10.7 Å². The van der Waals surface area contributed by atoms with Gasteiger partial charge in [0.25, 0.3) is 0 Å². The molecule has 0 aromatic heterocycles. The number of hydrogen-bond donors (Lipinski definition) is 1. The average Bonchev–Trinajstić information content (AvgIpc) is 2.21. The summed E-state index contributed by atoms with van der Waals surface area (Å²) in [5.41, 5.74) is 6.63. The monoisotopic (exact) mass is 187 g/mol. The number of nitrogens with two attached hydrogens (primary N) is 1. The number of anilines is 1. The molecule has 3 nitrogen and oxygen atoms in total. The van der Waals surface area contributed by atoms with Gasteiger partial charge in [0.15, 0.2) is 0 Å². The summed E-state index contributed by atoms with van der Waals surface area (Å²) in [6.45, 7) is 7.15. The summed E-state index contributed by atoms with van der Waals surface area (Å²) < 4.78 is 0. The summed E-state index contributed by atoms with van der Waals surface area (Å²) in [7, 11) is 0. The molecule has 0 saturated carbocycles. The summed E-state index contributed by atoms with van der Waals surface area (Å²) in [5.74, 6) is 0.348.